The Bertz CT molecular complexity index is 467. The van der Waals surface area contributed by atoms with Crippen LogP contribution in [0.25, 0.3) is 0 Å². The van der Waals surface area contributed by atoms with Crippen molar-refractivity contribution in [1.82, 2.24) is 5.32 Å². The number of methoxy groups -OCH3 is 1. The third-order valence-electron chi connectivity index (χ3n) is 2.88. The van der Waals surface area contributed by atoms with Crippen LogP contribution in [0.3, 0.4) is 0 Å². The molecule has 0 aliphatic rings. The molecule has 1 aromatic carbocycles. The van der Waals surface area contributed by atoms with E-state index < -0.39 is 18.3 Å². The van der Waals surface area contributed by atoms with Gasteiger partial charge in [0, 0.05) is 12.9 Å². The van der Waals surface area contributed by atoms with Crippen LogP contribution in [0.4, 0.5) is 0 Å². The molecule has 0 aromatic heterocycles. The normalized spacial score (nSPS) is 13.2. The molecule has 1 amide bonds. The van der Waals surface area contributed by atoms with E-state index in [4.69, 9.17) is 14.0 Å². The van der Waals surface area contributed by atoms with Gasteiger partial charge < -0.3 is 24.4 Å². The number of benzene rings is 1. The monoisotopic (exact) mass is 329 g/mol. The number of nitrogens with one attached hydrogen (secondary N) is 1. The molecule has 7 nitrogen and oxygen atoms in total. The predicted molar refractivity (Wildman–Crippen MR) is 81.5 cm³/mol. The maximum absolute atomic E-state index is 11.4. The smallest absolute Gasteiger partial charge is 0.312 e. The Hall–Kier alpha value is -1.61. The van der Waals surface area contributed by atoms with E-state index in [-0.39, 0.29) is 12.2 Å². The summed E-state index contributed by atoms with van der Waals surface area (Å²) >= 11 is 0.587. The molecule has 0 spiro atoms. The topological polar surface area (TPSA) is 105 Å². The Morgan fingerprint density at radius 2 is 2.09 bits per heavy atom. The summed E-state index contributed by atoms with van der Waals surface area (Å²) in [4.78, 5) is 21.9. The van der Waals surface area contributed by atoms with Crippen LogP contribution in [0.1, 0.15) is 12.0 Å². The second-order valence-corrected chi connectivity index (χ2v) is 5.09. The van der Waals surface area contributed by atoms with E-state index >= 15 is 0 Å². The Morgan fingerprint density at radius 1 is 1.41 bits per heavy atom. The number of rotatable bonds is 10. The van der Waals surface area contributed by atoms with Crippen molar-refractivity contribution in [3.8, 4) is 5.75 Å². The first-order valence-corrected chi connectivity index (χ1v) is 7.51. The molecule has 1 aromatic rings. The van der Waals surface area contributed by atoms with Gasteiger partial charge in [0.25, 0.3) is 0 Å². The average molecular weight is 329 g/mol. The lowest BCUT2D eigenvalue weighted by molar-refractivity contribution is -0.133. The third kappa shape index (κ3) is 6.44. The molecule has 2 atom stereocenters. The number of aliphatic hydroxyl groups excluding tert-OH is 1. The van der Waals surface area contributed by atoms with E-state index in [0.717, 1.165) is 5.56 Å². The van der Waals surface area contributed by atoms with Crippen molar-refractivity contribution in [3.05, 3.63) is 29.8 Å². The molecule has 3 N–H and O–H groups in total. The van der Waals surface area contributed by atoms with E-state index in [1.807, 2.05) is 0 Å². The fourth-order valence-corrected chi connectivity index (χ4v) is 2.01. The van der Waals surface area contributed by atoms with Crippen LogP contribution < -0.4 is 10.1 Å². The molecule has 122 valence electrons. The van der Waals surface area contributed by atoms with Gasteiger partial charge in [-0.3, -0.25) is 9.59 Å². The fraction of sp³-hybridized carbons (Fsp3) is 0.429. The van der Waals surface area contributed by atoms with Crippen LogP contribution in [0.5, 0.6) is 5.75 Å². The van der Waals surface area contributed by atoms with Crippen molar-refractivity contribution in [1.29, 1.82) is 0 Å². The molecule has 2 unspecified atom stereocenters. The van der Waals surface area contributed by atoms with Crippen molar-refractivity contribution in [2.75, 3.05) is 12.9 Å². The summed E-state index contributed by atoms with van der Waals surface area (Å²) in [6.45, 7) is 0. The Labute approximate surface area is 132 Å². The summed E-state index contributed by atoms with van der Waals surface area (Å²) in [6.07, 6.45) is -0.127. The standard InChI is InChI=1S/C14H19NO6S/c1-20-14(18)12(15-9-16)8-10-2-4-11(5-3-10)21-13(17)6-7-22-19/h2-5,9,12,14,18-19H,6-8H2,1H3,(H,15,16). The van der Waals surface area contributed by atoms with Gasteiger partial charge in [0.05, 0.1) is 12.5 Å². The first-order chi connectivity index (χ1) is 10.6. The highest BCUT2D eigenvalue weighted by Crippen LogP contribution is 2.15. The van der Waals surface area contributed by atoms with Gasteiger partial charge in [-0.05, 0) is 36.2 Å². The zero-order chi connectivity index (χ0) is 16.4. The highest BCUT2D eigenvalue weighted by Gasteiger charge is 2.18. The largest absolute Gasteiger partial charge is 0.427 e. The lowest BCUT2D eigenvalue weighted by Crippen LogP contribution is -2.41. The van der Waals surface area contributed by atoms with Crippen LogP contribution in [0, 0.1) is 0 Å². The molecular formula is C14H19NO6S. The van der Waals surface area contributed by atoms with Gasteiger partial charge in [-0.2, -0.15) is 0 Å². The molecule has 0 radical (unpaired) electrons. The molecule has 1 rings (SSSR count). The predicted octanol–water partition coefficient (Wildman–Crippen LogP) is 0.810. The van der Waals surface area contributed by atoms with Gasteiger partial charge >= 0.3 is 5.97 Å². The molecule has 0 aliphatic carbocycles. The number of hydrogen-bond acceptors (Lipinski definition) is 7. The van der Waals surface area contributed by atoms with Gasteiger partial charge in [0.1, 0.15) is 5.75 Å². The maximum atomic E-state index is 11.4. The van der Waals surface area contributed by atoms with E-state index in [9.17, 15) is 14.7 Å². The number of carbonyl (C=O) groups excluding carboxylic acids is 2. The molecule has 0 aliphatic heterocycles. The number of carbonyl (C=O) groups is 2. The van der Waals surface area contributed by atoms with Crippen molar-refractivity contribution >= 4 is 24.4 Å². The molecule has 0 fully saturated rings. The summed E-state index contributed by atoms with van der Waals surface area (Å²) in [5.41, 5.74) is 0.834. The maximum Gasteiger partial charge on any atom is 0.312 e. The Morgan fingerprint density at radius 3 is 2.64 bits per heavy atom. The molecule has 22 heavy (non-hydrogen) atoms. The van der Waals surface area contributed by atoms with E-state index in [0.29, 0.717) is 30.6 Å². The first-order valence-electron chi connectivity index (χ1n) is 6.57. The van der Waals surface area contributed by atoms with Crippen molar-refractivity contribution in [2.24, 2.45) is 0 Å². The minimum atomic E-state index is -1.11. The van der Waals surface area contributed by atoms with Gasteiger partial charge in [-0.1, -0.05) is 12.1 Å². The molecule has 0 bridgehead atoms. The molecule has 0 heterocycles. The van der Waals surface area contributed by atoms with Crippen LogP contribution in [0.2, 0.25) is 0 Å². The van der Waals surface area contributed by atoms with Crippen LogP contribution in [0.15, 0.2) is 24.3 Å². The van der Waals surface area contributed by atoms with Crippen molar-refractivity contribution < 1.29 is 28.7 Å². The summed E-state index contributed by atoms with van der Waals surface area (Å²) in [7, 11) is 1.34. The lowest BCUT2D eigenvalue weighted by atomic mass is 10.1. The second kappa shape index (κ2) is 10.2. The van der Waals surface area contributed by atoms with Gasteiger partial charge in [-0.25, -0.2) is 0 Å². The molecule has 0 saturated heterocycles. The lowest BCUT2D eigenvalue weighted by Gasteiger charge is -2.21. The Balaban J connectivity index is 2.59. The molecule has 8 heteroatoms. The number of esters is 1. The van der Waals surface area contributed by atoms with Gasteiger partial charge in [0.2, 0.25) is 6.41 Å². The second-order valence-electron chi connectivity index (χ2n) is 4.42. The third-order valence-corrected chi connectivity index (χ3v) is 3.26. The highest BCUT2D eigenvalue weighted by molar-refractivity contribution is 7.93. The van der Waals surface area contributed by atoms with E-state index in [2.05, 4.69) is 5.32 Å². The van der Waals surface area contributed by atoms with Crippen molar-refractivity contribution in [2.45, 2.75) is 25.2 Å². The van der Waals surface area contributed by atoms with Crippen LogP contribution >= 0.6 is 12.0 Å². The first kappa shape index (κ1) is 18.4. The zero-order valence-corrected chi connectivity index (χ0v) is 12.9. The minimum absolute atomic E-state index is 0.119. The number of amides is 1. The van der Waals surface area contributed by atoms with Crippen LogP contribution in [-0.4, -0.2) is 47.2 Å². The SMILES string of the molecule is COC(O)C(Cc1ccc(OC(=O)CCSO)cc1)NC=O. The molecule has 0 saturated carbocycles. The van der Waals surface area contributed by atoms with Crippen molar-refractivity contribution in [3.63, 3.8) is 0 Å². The number of hydrogen-bond donors (Lipinski definition) is 3. The fourth-order valence-electron chi connectivity index (χ4n) is 1.75. The Kier molecular flexibility index (Phi) is 8.53. The van der Waals surface area contributed by atoms with Crippen LogP contribution in [-0.2, 0) is 20.7 Å². The molecular weight excluding hydrogens is 310 g/mol. The van der Waals surface area contributed by atoms with E-state index in [1.165, 1.54) is 7.11 Å². The summed E-state index contributed by atoms with van der Waals surface area (Å²) < 4.78 is 18.4. The summed E-state index contributed by atoms with van der Waals surface area (Å²) in [6, 6.07) is 6.13. The quantitative estimate of drug-likeness (QED) is 0.192. The van der Waals surface area contributed by atoms with Gasteiger partial charge in [0.15, 0.2) is 6.29 Å². The van der Waals surface area contributed by atoms with E-state index in [1.54, 1.807) is 24.3 Å². The average Bonchev–Trinajstić information content (AvgIpc) is 2.53. The minimum Gasteiger partial charge on any atom is -0.427 e. The van der Waals surface area contributed by atoms with Gasteiger partial charge in [-0.15, -0.1) is 0 Å². The zero-order valence-electron chi connectivity index (χ0n) is 12.1. The summed E-state index contributed by atoms with van der Waals surface area (Å²) in [5, 5.41) is 12.1. The number of ether oxygens (including phenoxy) is 2. The number of aliphatic hydroxyl groups is 1. The highest BCUT2D eigenvalue weighted by atomic mass is 32.2. The summed E-state index contributed by atoms with van der Waals surface area (Å²) in [5.74, 6) is 0.249.